The number of hydrogen-bond acceptors (Lipinski definition) is 7. The van der Waals surface area contributed by atoms with Gasteiger partial charge in [0.15, 0.2) is 23.3 Å². The number of rotatable bonds is 3. The highest BCUT2D eigenvalue weighted by molar-refractivity contribution is 5.83. The average molecular weight is 396 g/mol. The minimum atomic E-state index is -1.37. The Labute approximate surface area is 169 Å². The molecule has 29 heavy (non-hydrogen) atoms. The first kappa shape index (κ1) is 17.6. The Balaban J connectivity index is 1.75. The van der Waals surface area contributed by atoms with Crippen molar-refractivity contribution in [1.29, 1.82) is 0 Å². The Bertz CT molecular complexity index is 993. The number of fused-ring (bicyclic) bond motifs is 4. The lowest BCUT2D eigenvalue weighted by Crippen LogP contribution is -2.85. The highest BCUT2D eigenvalue weighted by atomic mass is 16.6. The molecular formula is C22H24N2O5. The Morgan fingerprint density at radius 2 is 2.14 bits per heavy atom. The van der Waals surface area contributed by atoms with E-state index in [1.54, 1.807) is 7.11 Å². The smallest absolute Gasteiger partial charge is 0.303 e. The Hall–Kier alpha value is -2.22. The van der Waals surface area contributed by atoms with Crippen molar-refractivity contribution in [3.63, 3.8) is 0 Å². The molecule has 1 saturated carbocycles. The highest BCUT2D eigenvalue weighted by Gasteiger charge is 2.92. The van der Waals surface area contributed by atoms with Crippen LogP contribution in [0.15, 0.2) is 35.9 Å². The largest absolute Gasteiger partial charge is 0.450 e. The van der Waals surface area contributed by atoms with Gasteiger partial charge >= 0.3 is 5.97 Å². The minimum Gasteiger partial charge on any atom is -0.450 e. The van der Waals surface area contributed by atoms with E-state index in [0.717, 1.165) is 23.1 Å². The molecule has 1 aromatic rings. The topological polar surface area (TPSA) is 77.1 Å². The summed E-state index contributed by atoms with van der Waals surface area (Å²) in [6.07, 6.45) is 3.74. The van der Waals surface area contributed by atoms with Crippen LogP contribution < -0.4 is 5.32 Å². The van der Waals surface area contributed by atoms with Gasteiger partial charge in [-0.05, 0) is 18.6 Å². The van der Waals surface area contributed by atoms with Gasteiger partial charge in [0, 0.05) is 45.0 Å². The number of carbonyl (C=O) groups is 2. The molecule has 0 amide bonds. The van der Waals surface area contributed by atoms with Crippen molar-refractivity contribution in [3.05, 3.63) is 41.5 Å². The van der Waals surface area contributed by atoms with Crippen molar-refractivity contribution in [1.82, 2.24) is 4.90 Å². The van der Waals surface area contributed by atoms with E-state index in [1.165, 1.54) is 6.92 Å². The molecule has 4 bridgehead atoms. The highest BCUT2D eigenvalue weighted by Crippen LogP contribution is 2.77. The van der Waals surface area contributed by atoms with Crippen LogP contribution in [0.4, 0.5) is 5.69 Å². The van der Waals surface area contributed by atoms with Crippen LogP contribution in [0.25, 0.3) is 0 Å². The fourth-order valence-corrected chi connectivity index (χ4v) is 7.29. The van der Waals surface area contributed by atoms with E-state index in [9.17, 15) is 9.59 Å². The van der Waals surface area contributed by atoms with E-state index >= 15 is 0 Å². The summed E-state index contributed by atoms with van der Waals surface area (Å²) in [5.41, 5.74) is -1.06. The quantitative estimate of drug-likeness (QED) is 0.475. The van der Waals surface area contributed by atoms with Crippen LogP contribution in [0.1, 0.15) is 32.3 Å². The van der Waals surface area contributed by atoms with Crippen molar-refractivity contribution in [2.75, 3.05) is 19.0 Å². The third kappa shape index (κ3) is 1.49. The molecule has 1 aliphatic carbocycles. The molecular weight excluding hydrogens is 372 g/mol. The second kappa shape index (κ2) is 5.09. The fraction of sp³-hybridized carbons (Fsp3) is 0.545. The zero-order valence-corrected chi connectivity index (χ0v) is 16.7. The van der Waals surface area contributed by atoms with Crippen LogP contribution in [0.5, 0.6) is 0 Å². The first-order chi connectivity index (χ1) is 13.9. The molecule has 1 N–H and O–H groups in total. The van der Waals surface area contributed by atoms with Gasteiger partial charge in [0.05, 0.1) is 0 Å². The lowest BCUT2D eigenvalue weighted by atomic mass is 9.46. The summed E-state index contributed by atoms with van der Waals surface area (Å²) in [6, 6.07) is 7.93. The minimum absolute atomic E-state index is 0.234. The van der Waals surface area contributed by atoms with Gasteiger partial charge in [-0.25, -0.2) is 4.90 Å². The van der Waals surface area contributed by atoms with Gasteiger partial charge in [-0.3, -0.25) is 9.59 Å². The molecule has 6 rings (SSSR count). The molecule has 0 aromatic heterocycles. The standard InChI is InChI=1S/C22H24N2O5/c1-4-14-11-24-18-10-19-15-7-5-6-8-17(15)23-22(19,29-18)21(24,27-3)9-16(14)20(19,12-25)28-13(2)26/h4-8,12,16,18,23H,9-11H2,1-3H3/b14-4-/t16-,18-,19-,20+,21+,22+/m0/s1. The number of esters is 1. The van der Waals surface area contributed by atoms with Gasteiger partial charge in [-0.1, -0.05) is 29.8 Å². The van der Waals surface area contributed by atoms with Gasteiger partial charge in [-0.2, -0.15) is 0 Å². The first-order valence-electron chi connectivity index (χ1n) is 10.1. The summed E-state index contributed by atoms with van der Waals surface area (Å²) in [5.74, 6) is -0.745. The van der Waals surface area contributed by atoms with Crippen LogP contribution in [0, 0.1) is 5.92 Å². The molecule has 152 valence electrons. The Morgan fingerprint density at radius 1 is 1.34 bits per heavy atom. The van der Waals surface area contributed by atoms with E-state index in [-0.39, 0.29) is 12.1 Å². The van der Waals surface area contributed by atoms with Crippen molar-refractivity contribution < 1.29 is 23.8 Å². The van der Waals surface area contributed by atoms with Gasteiger partial charge in [0.2, 0.25) is 0 Å². The predicted octanol–water partition coefficient (Wildman–Crippen LogP) is 1.93. The van der Waals surface area contributed by atoms with Gasteiger partial charge in [0.1, 0.15) is 11.6 Å². The van der Waals surface area contributed by atoms with E-state index in [1.807, 2.05) is 37.3 Å². The Kier molecular flexibility index (Phi) is 3.09. The number of nitrogens with zero attached hydrogens (tertiary/aromatic N) is 1. The van der Waals surface area contributed by atoms with Crippen molar-refractivity contribution >= 4 is 17.9 Å². The number of hydrogen-bond donors (Lipinski definition) is 1. The number of aldehydes is 1. The molecule has 0 radical (unpaired) electrons. The van der Waals surface area contributed by atoms with E-state index in [4.69, 9.17) is 14.2 Å². The van der Waals surface area contributed by atoms with Crippen molar-refractivity contribution in [2.24, 2.45) is 5.92 Å². The Morgan fingerprint density at radius 3 is 2.83 bits per heavy atom. The third-order valence-electron chi connectivity index (χ3n) is 8.12. The van der Waals surface area contributed by atoms with Gasteiger partial charge in [0.25, 0.3) is 0 Å². The van der Waals surface area contributed by atoms with Crippen LogP contribution in [0.2, 0.25) is 0 Å². The summed E-state index contributed by atoms with van der Waals surface area (Å²) in [4.78, 5) is 27.7. The number of benzene rings is 1. The number of carbonyl (C=O) groups excluding carboxylic acids is 2. The normalized spacial score (nSPS) is 47.1. The lowest BCUT2D eigenvalue weighted by Gasteiger charge is -2.67. The van der Waals surface area contributed by atoms with E-state index in [2.05, 4.69) is 10.2 Å². The monoisotopic (exact) mass is 396 g/mol. The molecule has 4 fully saturated rings. The van der Waals surface area contributed by atoms with Crippen molar-refractivity contribution in [3.8, 4) is 0 Å². The first-order valence-corrected chi connectivity index (χ1v) is 10.1. The van der Waals surface area contributed by atoms with E-state index in [0.29, 0.717) is 19.4 Å². The molecule has 1 aromatic carbocycles. The molecule has 6 atom stereocenters. The molecule has 1 spiro atoms. The summed E-state index contributed by atoms with van der Waals surface area (Å²) in [7, 11) is 1.71. The van der Waals surface area contributed by atoms with E-state index < -0.39 is 28.4 Å². The summed E-state index contributed by atoms with van der Waals surface area (Å²) in [5, 5.41) is 3.61. The zero-order valence-electron chi connectivity index (χ0n) is 16.7. The molecule has 3 saturated heterocycles. The molecule has 0 unspecified atom stereocenters. The summed E-state index contributed by atoms with van der Waals surface area (Å²) in [6.45, 7) is 3.97. The zero-order chi connectivity index (χ0) is 20.2. The summed E-state index contributed by atoms with van der Waals surface area (Å²) >= 11 is 0. The molecule has 7 nitrogen and oxygen atoms in total. The van der Waals surface area contributed by atoms with Crippen LogP contribution >= 0.6 is 0 Å². The van der Waals surface area contributed by atoms with Crippen LogP contribution in [-0.2, 0) is 29.2 Å². The summed E-state index contributed by atoms with van der Waals surface area (Å²) < 4.78 is 19.0. The average Bonchev–Trinajstić information content (AvgIpc) is 3.31. The lowest BCUT2D eigenvalue weighted by molar-refractivity contribution is -0.283. The number of allylic oxidation sites excluding steroid dienone is 1. The molecule has 7 heteroatoms. The van der Waals surface area contributed by atoms with Gasteiger partial charge < -0.3 is 19.5 Å². The maximum absolute atomic E-state index is 13.0. The predicted molar refractivity (Wildman–Crippen MR) is 103 cm³/mol. The van der Waals surface area contributed by atoms with Crippen LogP contribution in [0.3, 0.4) is 0 Å². The maximum atomic E-state index is 13.0. The third-order valence-corrected chi connectivity index (χ3v) is 8.12. The maximum Gasteiger partial charge on any atom is 0.303 e. The SMILES string of the molecule is C/C=C1/CN2[C@@H]3C[C@@]45c6ccccc6N[C@]4(O3)[C@]2(OC)C[C@@H]1[C@@]5(C=O)OC(C)=O. The molecule has 5 aliphatic rings. The number of anilines is 1. The molecule has 4 heterocycles. The number of methoxy groups -OCH3 is 1. The number of nitrogens with one attached hydrogen (secondary N) is 1. The van der Waals surface area contributed by atoms with Crippen molar-refractivity contribution in [2.45, 2.75) is 55.4 Å². The molecule has 4 aliphatic heterocycles. The second-order valence-corrected chi connectivity index (χ2v) is 8.78. The fourth-order valence-electron chi connectivity index (χ4n) is 7.29. The second-order valence-electron chi connectivity index (χ2n) is 8.78. The number of para-hydroxylation sites is 1. The number of piperidine rings is 2. The number of ether oxygens (including phenoxy) is 3. The van der Waals surface area contributed by atoms with Gasteiger partial charge in [-0.15, -0.1) is 0 Å². The van der Waals surface area contributed by atoms with Crippen LogP contribution in [-0.4, -0.2) is 54.1 Å².